The van der Waals surface area contributed by atoms with E-state index in [1.165, 1.54) is 0 Å². The molecule has 0 fully saturated rings. The van der Waals surface area contributed by atoms with Crippen LogP contribution in [0.4, 0.5) is 18.0 Å². The van der Waals surface area contributed by atoms with Crippen LogP contribution in [0.1, 0.15) is 11.4 Å². The number of nitrogens with zero attached hydrogens (tertiary/aromatic N) is 6. The van der Waals surface area contributed by atoms with Crippen LogP contribution in [-0.2, 0) is 9.97 Å². The highest BCUT2D eigenvalue weighted by molar-refractivity contribution is 6.66. The highest BCUT2D eigenvalue weighted by Crippen LogP contribution is 2.43. The molecular formula is C7H2Cl3F3N6O. The summed E-state index contributed by atoms with van der Waals surface area (Å²) in [6.45, 7) is 0. The van der Waals surface area contributed by atoms with Gasteiger partial charge in [-0.05, 0) is 0 Å². The van der Waals surface area contributed by atoms with E-state index in [1.54, 1.807) is 0 Å². The maximum Gasteiger partial charge on any atom is 0.435 e. The second-order valence-electron chi connectivity index (χ2n) is 3.32. The van der Waals surface area contributed by atoms with Crippen LogP contribution in [0.25, 0.3) is 0 Å². The average Bonchev–Trinajstić information content (AvgIpc) is 2.95. The van der Waals surface area contributed by atoms with E-state index in [2.05, 4.69) is 20.6 Å². The van der Waals surface area contributed by atoms with Gasteiger partial charge >= 0.3 is 12.2 Å². The van der Waals surface area contributed by atoms with Gasteiger partial charge in [-0.25, -0.2) is 4.79 Å². The Balaban J connectivity index is 2.61. The molecule has 0 aromatic carbocycles. The van der Waals surface area contributed by atoms with E-state index in [1.807, 2.05) is 0 Å². The molecule has 13 heteroatoms. The third kappa shape index (κ3) is 2.72. The molecule has 0 saturated carbocycles. The molecule has 20 heavy (non-hydrogen) atoms. The number of hydrogen-bond donors (Lipinski definition) is 0. The lowest BCUT2D eigenvalue weighted by Crippen LogP contribution is -2.28. The molecule has 0 spiro atoms. The Bertz CT molecular complexity index is 631. The van der Waals surface area contributed by atoms with Gasteiger partial charge in [0, 0.05) is 0 Å². The summed E-state index contributed by atoms with van der Waals surface area (Å²) in [5, 5.41) is 12.7. The predicted molar refractivity (Wildman–Crippen MR) is 60.5 cm³/mol. The Morgan fingerprint density at radius 2 is 1.85 bits per heavy atom. The lowest BCUT2D eigenvalue weighted by atomic mass is 10.3. The van der Waals surface area contributed by atoms with Gasteiger partial charge in [0.05, 0.1) is 12.4 Å². The van der Waals surface area contributed by atoms with Gasteiger partial charge in [-0.3, -0.25) is 0 Å². The van der Waals surface area contributed by atoms with Crippen molar-refractivity contribution in [3.63, 3.8) is 0 Å². The molecular weight excluding hydrogens is 347 g/mol. The molecule has 2 aromatic rings. The molecule has 0 radical (unpaired) electrons. The first kappa shape index (κ1) is 15.0. The molecule has 0 saturated heterocycles. The van der Waals surface area contributed by atoms with Crippen LogP contribution in [0, 0.1) is 0 Å². The van der Waals surface area contributed by atoms with E-state index in [0.717, 1.165) is 12.4 Å². The van der Waals surface area contributed by atoms with Gasteiger partial charge in [0.1, 0.15) is 5.69 Å². The summed E-state index contributed by atoms with van der Waals surface area (Å²) in [4.78, 5) is 11.8. The first-order valence-corrected chi connectivity index (χ1v) is 5.77. The zero-order valence-corrected chi connectivity index (χ0v) is 11.3. The lowest BCUT2D eigenvalue weighted by molar-refractivity contribution is -0.143. The third-order valence-corrected chi connectivity index (χ3v) is 2.54. The van der Waals surface area contributed by atoms with Gasteiger partial charge in [0.15, 0.2) is 5.69 Å². The second-order valence-corrected chi connectivity index (χ2v) is 5.61. The van der Waals surface area contributed by atoms with Crippen LogP contribution in [0.2, 0.25) is 0 Å². The standard InChI is InChI=1S/C7H2Cl3F3N6O/c8-6(9,10)3-4(7(11,12)13)19(17-15-3)5(20)18-2-1-14-16-18/h1-2H. The van der Waals surface area contributed by atoms with Crippen LogP contribution < -0.4 is 0 Å². The summed E-state index contributed by atoms with van der Waals surface area (Å²) in [7, 11) is 0. The monoisotopic (exact) mass is 348 g/mol. The highest BCUT2D eigenvalue weighted by atomic mass is 35.6. The molecule has 2 aromatic heterocycles. The summed E-state index contributed by atoms with van der Waals surface area (Å²) >= 11 is 16.1. The van der Waals surface area contributed by atoms with E-state index in [-0.39, 0.29) is 4.68 Å². The van der Waals surface area contributed by atoms with Crippen molar-refractivity contribution in [1.82, 2.24) is 30.0 Å². The number of aromatic nitrogens is 6. The molecule has 0 aliphatic carbocycles. The molecule has 0 unspecified atom stereocenters. The van der Waals surface area contributed by atoms with Crippen LogP contribution in [0.3, 0.4) is 0 Å². The molecule has 7 nitrogen and oxygen atoms in total. The van der Waals surface area contributed by atoms with E-state index < -0.39 is 27.4 Å². The fourth-order valence-corrected chi connectivity index (χ4v) is 1.65. The van der Waals surface area contributed by atoms with Crippen molar-refractivity contribution in [3.8, 4) is 0 Å². The van der Waals surface area contributed by atoms with Crippen molar-refractivity contribution in [2.24, 2.45) is 0 Å². The van der Waals surface area contributed by atoms with Gasteiger partial charge in [0.25, 0.3) is 0 Å². The molecule has 0 amide bonds. The number of carbonyl (C=O) groups excluding carboxylic acids is 1. The van der Waals surface area contributed by atoms with Crippen LogP contribution in [0.15, 0.2) is 12.4 Å². The van der Waals surface area contributed by atoms with Gasteiger partial charge in [-0.1, -0.05) is 45.2 Å². The number of hydrogen-bond acceptors (Lipinski definition) is 5. The zero-order valence-electron chi connectivity index (χ0n) is 9.01. The van der Waals surface area contributed by atoms with Crippen molar-refractivity contribution in [1.29, 1.82) is 0 Å². The topological polar surface area (TPSA) is 78.5 Å². The van der Waals surface area contributed by atoms with Crippen LogP contribution >= 0.6 is 34.8 Å². The highest BCUT2D eigenvalue weighted by Gasteiger charge is 2.46. The SMILES string of the molecule is O=C(n1ccnn1)n1nnc(C(Cl)(Cl)Cl)c1C(F)(F)F. The van der Waals surface area contributed by atoms with E-state index >= 15 is 0 Å². The smallest absolute Gasteiger partial charge is 0.243 e. The Morgan fingerprint density at radius 3 is 2.30 bits per heavy atom. The Kier molecular flexibility index (Phi) is 3.65. The molecule has 0 N–H and O–H groups in total. The summed E-state index contributed by atoms with van der Waals surface area (Å²) in [5.74, 6) is 0. The van der Waals surface area contributed by atoms with Gasteiger partial charge < -0.3 is 0 Å². The zero-order chi connectivity index (χ0) is 15.1. The van der Waals surface area contributed by atoms with Gasteiger partial charge in [-0.15, -0.1) is 10.2 Å². The Morgan fingerprint density at radius 1 is 1.20 bits per heavy atom. The summed E-state index contributed by atoms with van der Waals surface area (Å²) in [6, 6.07) is -1.28. The normalized spacial score (nSPS) is 12.7. The number of halogens is 6. The summed E-state index contributed by atoms with van der Waals surface area (Å²) < 4.78 is 37.0. The van der Waals surface area contributed by atoms with E-state index in [0.29, 0.717) is 4.68 Å². The molecule has 2 heterocycles. The third-order valence-electron chi connectivity index (χ3n) is 2.01. The Labute approximate surface area is 123 Å². The Hall–Kier alpha value is -1.39. The quantitative estimate of drug-likeness (QED) is 0.682. The average molecular weight is 349 g/mol. The van der Waals surface area contributed by atoms with Crippen LogP contribution in [-0.4, -0.2) is 36.0 Å². The molecule has 0 aliphatic heterocycles. The molecule has 108 valence electrons. The second kappa shape index (κ2) is 4.86. The maximum absolute atomic E-state index is 13.0. The van der Waals surface area contributed by atoms with E-state index in [4.69, 9.17) is 34.8 Å². The summed E-state index contributed by atoms with van der Waals surface area (Å²) in [6.07, 6.45) is -2.89. The number of carbonyl (C=O) groups is 1. The number of rotatable bonds is 0. The van der Waals surface area contributed by atoms with Gasteiger partial charge in [-0.2, -0.15) is 22.5 Å². The fraction of sp³-hybridized carbons (Fsp3) is 0.286. The maximum atomic E-state index is 13.0. The van der Waals surface area contributed by atoms with E-state index in [9.17, 15) is 18.0 Å². The number of alkyl halides is 6. The molecule has 0 atom stereocenters. The first-order valence-electron chi connectivity index (χ1n) is 4.63. The molecule has 0 aliphatic rings. The van der Waals surface area contributed by atoms with Crippen molar-refractivity contribution >= 4 is 40.8 Å². The van der Waals surface area contributed by atoms with Crippen LogP contribution in [0.5, 0.6) is 0 Å². The fourth-order valence-electron chi connectivity index (χ4n) is 1.27. The molecule has 2 rings (SSSR count). The first-order chi connectivity index (χ1) is 9.12. The van der Waals surface area contributed by atoms with Gasteiger partial charge in [0.2, 0.25) is 3.79 Å². The van der Waals surface area contributed by atoms with Crippen molar-refractivity contribution in [2.45, 2.75) is 9.97 Å². The van der Waals surface area contributed by atoms with Crippen molar-refractivity contribution in [3.05, 3.63) is 23.8 Å². The minimum absolute atomic E-state index is 0.0636. The predicted octanol–water partition coefficient (Wildman–Crippen LogP) is 2.23. The minimum Gasteiger partial charge on any atom is -0.243 e. The minimum atomic E-state index is -5.01. The lowest BCUT2D eigenvalue weighted by Gasteiger charge is -2.13. The largest absolute Gasteiger partial charge is 0.435 e. The van der Waals surface area contributed by atoms with Crippen molar-refractivity contribution < 1.29 is 18.0 Å². The van der Waals surface area contributed by atoms with Crippen molar-refractivity contribution in [2.75, 3.05) is 0 Å². The summed E-state index contributed by atoms with van der Waals surface area (Å²) in [5.41, 5.74) is -2.61. The molecule has 0 bridgehead atoms.